The van der Waals surface area contributed by atoms with Crippen LogP contribution >= 0.6 is 7.82 Å². The Labute approximate surface area is 377 Å². The Morgan fingerprint density at radius 3 is 1.31 bits per heavy atom. The third-order valence-corrected chi connectivity index (χ3v) is 12.4. The summed E-state index contributed by atoms with van der Waals surface area (Å²) in [6, 6.07) is -0.869. The monoisotopic (exact) mass is 879 g/mol. The lowest BCUT2D eigenvalue weighted by Crippen LogP contribution is -2.45. The Morgan fingerprint density at radius 2 is 0.902 bits per heavy atom. The van der Waals surface area contributed by atoms with Crippen molar-refractivity contribution in [3.63, 3.8) is 0 Å². The average molecular weight is 879 g/mol. The predicted molar refractivity (Wildman–Crippen MR) is 263 cm³/mol. The van der Waals surface area contributed by atoms with E-state index in [1.54, 1.807) is 6.08 Å². The highest BCUT2D eigenvalue weighted by molar-refractivity contribution is 7.47. The molecule has 0 aliphatic carbocycles. The summed E-state index contributed by atoms with van der Waals surface area (Å²) >= 11 is 0. The van der Waals surface area contributed by atoms with Crippen LogP contribution in [-0.4, -0.2) is 47.8 Å². The quantitative estimate of drug-likeness (QED) is 0.0272. The highest BCUT2D eigenvalue weighted by Gasteiger charge is 2.26. The molecule has 3 atom stereocenters. The largest absolute Gasteiger partial charge is 0.472 e. The topological polar surface area (TPSA) is 131 Å². The molecule has 0 aromatic rings. The summed E-state index contributed by atoms with van der Waals surface area (Å²) in [4.78, 5) is 22.8. The Morgan fingerprint density at radius 1 is 0.541 bits per heavy atom. The molecule has 3 unspecified atom stereocenters. The minimum Gasteiger partial charge on any atom is -0.387 e. The maximum Gasteiger partial charge on any atom is 0.472 e. The van der Waals surface area contributed by atoms with Gasteiger partial charge < -0.3 is 21.1 Å². The molecule has 0 aliphatic heterocycles. The van der Waals surface area contributed by atoms with Crippen LogP contribution in [0.4, 0.5) is 0 Å². The van der Waals surface area contributed by atoms with Gasteiger partial charge in [0, 0.05) is 13.0 Å². The van der Waals surface area contributed by atoms with Crippen LogP contribution in [0.1, 0.15) is 245 Å². The number of carbonyl (C=O) groups is 1. The zero-order valence-corrected chi connectivity index (χ0v) is 40.8. The fraction of sp³-hybridized carbons (Fsp3) is 0.827. The third kappa shape index (κ3) is 46.3. The van der Waals surface area contributed by atoms with Crippen molar-refractivity contribution in [3.05, 3.63) is 48.6 Å². The van der Waals surface area contributed by atoms with Crippen molar-refractivity contribution in [1.29, 1.82) is 0 Å². The van der Waals surface area contributed by atoms with Crippen LogP contribution in [0.3, 0.4) is 0 Å². The number of rotatable bonds is 48. The zero-order valence-electron chi connectivity index (χ0n) is 39.9. The van der Waals surface area contributed by atoms with Gasteiger partial charge in [0.15, 0.2) is 0 Å². The van der Waals surface area contributed by atoms with Crippen LogP contribution in [0.2, 0.25) is 0 Å². The normalized spacial score (nSPS) is 14.2. The van der Waals surface area contributed by atoms with E-state index in [-0.39, 0.29) is 25.7 Å². The van der Waals surface area contributed by atoms with Crippen molar-refractivity contribution >= 4 is 13.7 Å². The number of phosphoric acid groups is 1. The van der Waals surface area contributed by atoms with Crippen LogP contribution in [0, 0.1) is 0 Å². The molecule has 9 heteroatoms. The molecule has 0 aliphatic rings. The summed E-state index contributed by atoms with van der Waals surface area (Å²) in [5.74, 6) is -0.205. The summed E-state index contributed by atoms with van der Waals surface area (Å²) < 4.78 is 22.2. The Balaban J connectivity index is 4.14. The second-order valence-corrected chi connectivity index (χ2v) is 18.8. The van der Waals surface area contributed by atoms with E-state index in [1.807, 2.05) is 6.08 Å². The first-order chi connectivity index (χ1) is 29.9. The first-order valence-corrected chi connectivity index (χ1v) is 27.3. The van der Waals surface area contributed by atoms with E-state index in [0.29, 0.717) is 6.42 Å². The van der Waals surface area contributed by atoms with Crippen molar-refractivity contribution in [3.8, 4) is 0 Å². The van der Waals surface area contributed by atoms with Gasteiger partial charge in [0.2, 0.25) is 5.91 Å². The number of unbranched alkanes of at least 4 members (excludes halogenated alkanes) is 30. The van der Waals surface area contributed by atoms with E-state index in [2.05, 4.69) is 55.6 Å². The molecule has 0 aromatic carbocycles. The molecule has 8 nitrogen and oxygen atoms in total. The van der Waals surface area contributed by atoms with Gasteiger partial charge in [-0.05, 0) is 57.8 Å². The zero-order chi connectivity index (χ0) is 44.6. The number of carbonyl (C=O) groups excluding carboxylic acids is 1. The number of allylic oxidation sites excluding steroid dienone is 7. The minimum atomic E-state index is -4.35. The molecule has 0 bridgehead atoms. The molecule has 5 N–H and O–H groups in total. The van der Waals surface area contributed by atoms with E-state index in [9.17, 15) is 19.4 Å². The lowest BCUT2D eigenvalue weighted by molar-refractivity contribution is -0.123. The van der Waals surface area contributed by atoms with Gasteiger partial charge in [-0.15, -0.1) is 0 Å². The number of hydrogen-bond acceptors (Lipinski definition) is 6. The van der Waals surface area contributed by atoms with Crippen LogP contribution in [0.25, 0.3) is 0 Å². The van der Waals surface area contributed by atoms with Gasteiger partial charge in [-0.1, -0.05) is 229 Å². The fourth-order valence-electron chi connectivity index (χ4n) is 7.49. The highest BCUT2D eigenvalue weighted by Crippen LogP contribution is 2.43. The van der Waals surface area contributed by atoms with Gasteiger partial charge in [-0.3, -0.25) is 13.8 Å². The second-order valence-electron chi connectivity index (χ2n) is 17.4. The Kier molecular flexibility index (Phi) is 46.7. The first kappa shape index (κ1) is 59.5. The lowest BCUT2D eigenvalue weighted by Gasteiger charge is -2.23. The SMILES string of the molecule is CCCCCCC/C=C\C/C=C\C/C=C\CCCCCCCCC(=O)NC(COP(=O)(O)OCCN)C(O)/C=C/CCCCCCCCCCCCCCCCCCCCC. The maximum absolute atomic E-state index is 12.8. The van der Waals surface area contributed by atoms with Crippen molar-refractivity contribution in [2.45, 2.75) is 257 Å². The number of phosphoric ester groups is 1. The summed E-state index contributed by atoms with van der Waals surface area (Å²) in [5.41, 5.74) is 5.39. The van der Waals surface area contributed by atoms with Gasteiger partial charge in [-0.2, -0.15) is 0 Å². The number of nitrogens with two attached hydrogens (primary N) is 1. The number of nitrogens with one attached hydrogen (secondary N) is 1. The van der Waals surface area contributed by atoms with Crippen LogP contribution in [0.5, 0.6) is 0 Å². The van der Waals surface area contributed by atoms with Crippen molar-refractivity contribution in [1.82, 2.24) is 5.32 Å². The molecule has 0 spiro atoms. The molecule has 0 aromatic heterocycles. The summed E-state index contributed by atoms with van der Waals surface area (Å²) in [5, 5.41) is 13.7. The first-order valence-electron chi connectivity index (χ1n) is 25.8. The molecule has 61 heavy (non-hydrogen) atoms. The van der Waals surface area contributed by atoms with E-state index in [4.69, 9.17) is 14.8 Å². The highest BCUT2D eigenvalue weighted by atomic mass is 31.2. The Bertz CT molecular complexity index is 1100. The molecule has 358 valence electrons. The summed E-state index contributed by atoms with van der Waals surface area (Å²) in [6.07, 6.45) is 60.3. The van der Waals surface area contributed by atoms with E-state index in [1.165, 1.54) is 161 Å². The van der Waals surface area contributed by atoms with Crippen molar-refractivity contribution in [2.24, 2.45) is 5.73 Å². The van der Waals surface area contributed by atoms with Crippen molar-refractivity contribution < 1.29 is 28.4 Å². The van der Waals surface area contributed by atoms with E-state index in [0.717, 1.165) is 64.2 Å². The standard InChI is InChI=1S/C52H99N2O6P/c1-3-5-7-9-11-13-15-17-19-21-23-25-27-29-31-33-35-37-39-41-43-45-51(55)50(49-60-61(57,58)59-48-47-53)54-52(56)46-44-42-40-38-36-34-32-30-28-26-24-22-20-18-16-14-12-10-8-6-4-2/h16,18,22,24,28,30,43,45,50-51,55H,3-15,17,19-21,23,25-27,29,31-42,44,46-49,53H2,1-2H3,(H,54,56)(H,57,58)/b18-16-,24-22-,30-28-,45-43+. The molecule has 0 fully saturated rings. The number of aliphatic hydroxyl groups is 1. The second kappa shape index (κ2) is 47.9. The van der Waals surface area contributed by atoms with Gasteiger partial charge in [0.25, 0.3) is 0 Å². The van der Waals surface area contributed by atoms with Crippen molar-refractivity contribution in [2.75, 3.05) is 19.8 Å². The van der Waals surface area contributed by atoms with Crippen LogP contribution in [-0.2, 0) is 18.4 Å². The fourth-order valence-corrected chi connectivity index (χ4v) is 8.25. The van der Waals surface area contributed by atoms with Crippen LogP contribution in [0.15, 0.2) is 48.6 Å². The molecule has 0 radical (unpaired) electrons. The molecule has 0 saturated heterocycles. The lowest BCUT2D eigenvalue weighted by atomic mass is 10.0. The molecule has 0 saturated carbocycles. The summed E-state index contributed by atoms with van der Waals surface area (Å²) in [7, 11) is -4.35. The number of hydrogen-bond donors (Lipinski definition) is 4. The minimum absolute atomic E-state index is 0.0750. The maximum atomic E-state index is 12.8. The van der Waals surface area contributed by atoms with Gasteiger partial charge in [-0.25, -0.2) is 4.57 Å². The predicted octanol–water partition coefficient (Wildman–Crippen LogP) is 15.2. The molecule has 0 heterocycles. The van der Waals surface area contributed by atoms with E-state index >= 15 is 0 Å². The molecule has 0 rings (SSSR count). The molecule has 1 amide bonds. The smallest absolute Gasteiger partial charge is 0.387 e. The Hall–Kier alpha value is -1.54. The van der Waals surface area contributed by atoms with E-state index < -0.39 is 20.0 Å². The van der Waals surface area contributed by atoms with Gasteiger partial charge in [0.1, 0.15) is 0 Å². The van der Waals surface area contributed by atoms with Crippen LogP contribution < -0.4 is 11.1 Å². The third-order valence-electron chi connectivity index (χ3n) is 11.4. The average Bonchev–Trinajstić information content (AvgIpc) is 3.25. The molecular formula is C52H99N2O6P. The van der Waals surface area contributed by atoms with Gasteiger partial charge in [0.05, 0.1) is 25.4 Å². The van der Waals surface area contributed by atoms with Gasteiger partial charge >= 0.3 is 7.82 Å². The number of amides is 1. The molecular weight excluding hydrogens is 780 g/mol. The summed E-state index contributed by atoms with van der Waals surface area (Å²) in [6.45, 7) is 4.14. The number of aliphatic hydroxyl groups excluding tert-OH is 1.